The van der Waals surface area contributed by atoms with Crippen molar-refractivity contribution in [1.82, 2.24) is 5.32 Å². The van der Waals surface area contributed by atoms with Gasteiger partial charge >= 0.3 is 11.9 Å². The zero-order valence-electron chi connectivity index (χ0n) is 14.9. The van der Waals surface area contributed by atoms with Crippen molar-refractivity contribution in [1.29, 1.82) is 0 Å². The maximum atomic E-state index is 9.10. The van der Waals surface area contributed by atoms with Crippen molar-refractivity contribution in [2.24, 2.45) is 0 Å². The van der Waals surface area contributed by atoms with Crippen LogP contribution in [0.5, 0.6) is 5.75 Å². The van der Waals surface area contributed by atoms with E-state index in [2.05, 4.69) is 53.8 Å². The lowest BCUT2D eigenvalue weighted by Crippen LogP contribution is -2.13. The third kappa shape index (κ3) is 6.13. The lowest BCUT2D eigenvalue weighted by molar-refractivity contribution is -0.159. The fourth-order valence-corrected chi connectivity index (χ4v) is 2.54. The van der Waals surface area contributed by atoms with E-state index in [4.69, 9.17) is 24.5 Å². The van der Waals surface area contributed by atoms with Gasteiger partial charge in [0.05, 0.1) is 7.11 Å². The number of hydrogen-bond acceptors (Lipinski definition) is 4. The Labute approximate surface area is 157 Å². The van der Waals surface area contributed by atoms with E-state index in [0.29, 0.717) is 0 Å². The van der Waals surface area contributed by atoms with Crippen molar-refractivity contribution in [3.63, 3.8) is 0 Å². The van der Waals surface area contributed by atoms with Crippen LogP contribution in [0.2, 0.25) is 0 Å². The summed E-state index contributed by atoms with van der Waals surface area (Å²) >= 11 is 0. The fourth-order valence-electron chi connectivity index (χ4n) is 2.54. The van der Waals surface area contributed by atoms with Crippen LogP contribution in [-0.2, 0) is 22.7 Å². The largest absolute Gasteiger partial charge is 0.496 e. The molecule has 27 heavy (non-hydrogen) atoms. The van der Waals surface area contributed by atoms with Crippen LogP contribution in [0, 0.1) is 0 Å². The molecule has 0 saturated heterocycles. The second-order valence-electron chi connectivity index (χ2n) is 5.71. The van der Waals surface area contributed by atoms with Crippen LogP contribution in [-0.4, -0.2) is 29.3 Å². The minimum atomic E-state index is -1.82. The van der Waals surface area contributed by atoms with Gasteiger partial charge in [-0.2, -0.15) is 0 Å². The maximum absolute atomic E-state index is 9.10. The molecule has 0 saturated carbocycles. The van der Waals surface area contributed by atoms with Crippen molar-refractivity contribution in [2.45, 2.75) is 13.1 Å². The van der Waals surface area contributed by atoms with E-state index in [1.54, 1.807) is 7.11 Å². The van der Waals surface area contributed by atoms with Crippen molar-refractivity contribution in [3.8, 4) is 5.75 Å². The number of carbonyl (C=O) groups is 2. The molecule has 0 atom stereocenters. The first-order chi connectivity index (χ1) is 13.0. The van der Waals surface area contributed by atoms with Gasteiger partial charge in [-0.15, -0.1) is 0 Å². The summed E-state index contributed by atoms with van der Waals surface area (Å²) < 4.78 is 5.37. The van der Waals surface area contributed by atoms with E-state index in [1.165, 1.54) is 21.9 Å². The van der Waals surface area contributed by atoms with E-state index >= 15 is 0 Å². The highest BCUT2D eigenvalue weighted by atomic mass is 16.5. The van der Waals surface area contributed by atoms with Gasteiger partial charge in [-0.25, -0.2) is 9.59 Å². The number of carboxylic acids is 2. The normalized spacial score (nSPS) is 9.96. The van der Waals surface area contributed by atoms with Gasteiger partial charge in [0.1, 0.15) is 5.75 Å². The third-order valence-electron chi connectivity index (χ3n) is 3.83. The molecule has 0 amide bonds. The van der Waals surface area contributed by atoms with Gasteiger partial charge in [-0.1, -0.05) is 54.6 Å². The Bertz CT molecular complexity index is 911. The Morgan fingerprint density at radius 3 is 2.15 bits per heavy atom. The first kappa shape index (κ1) is 19.9. The lowest BCUT2D eigenvalue weighted by Gasteiger charge is -2.10. The molecule has 0 fully saturated rings. The number of aliphatic carboxylic acids is 2. The summed E-state index contributed by atoms with van der Waals surface area (Å²) in [7, 11) is 1.71. The maximum Gasteiger partial charge on any atom is 0.414 e. The first-order valence-corrected chi connectivity index (χ1v) is 8.27. The predicted molar refractivity (Wildman–Crippen MR) is 103 cm³/mol. The highest BCUT2D eigenvalue weighted by Gasteiger charge is 2.04. The molecule has 3 N–H and O–H groups in total. The van der Waals surface area contributed by atoms with Gasteiger partial charge in [0.25, 0.3) is 0 Å². The summed E-state index contributed by atoms with van der Waals surface area (Å²) in [5.41, 5.74) is 2.48. The molecule has 0 heterocycles. The van der Waals surface area contributed by atoms with Gasteiger partial charge in [-0.3, -0.25) is 0 Å². The number of rotatable bonds is 5. The van der Waals surface area contributed by atoms with Gasteiger partial charge in [0, 0.05) is 18.7 Å². The van der Waals surface area contributed by atoms with Crippen LogP contribution in [0.25, 0.3) is 10.8 Å². The minimum Gasteiger partial charge on any atom is -0.496 e. The number of nitrogens with one attached hydrogen (secondary N) is 1. The predicted octanol–water partition coefficient (Wildman–Crippen LogP) is 3.29. The zero-order chi connectivity index (χ0) is 19.6. The Kier molecular flexibility index (Phi) is 7.34. The molecule has 0 spiro atoms. The summed E-state index contributed by atoms with van der Waals surface area (Å²) in [5.74, 6) is -2.71. The second-order valence-corrected chi connectivity index (χ2v) is 5.71. The molecular formula is C21H21NO5. The Hall–Kier alpha value is -3.38. The van der Waals surface area contributed by atoms with E-state index in [9.17, 15) is 0 Å². The average Bonchev–Trinajstić information content (AvgIpc) is 2.68. The van der Waals surface area contributed by atoms with E-state index in [1.807, 2.05) is 18.2 Å². The van der Waals surface area contributed by atoms with E-state index in [-0.39, 0.29) is 0 Å². The molecule has 0 aliphatic heterocycles. The Morgan fingerprint density at radius 2 is 1.48 bits per heavy atom. The molecule has 0 aliphatic rings. The highest BCUT2D eigenvalue weighted by molar-refractivity contribution is 6.27. The third-order valence-corrected chi connectivity index (χ3v) is 3.83. The zero-order valence-corrected chi connectivity index (χ0v) is 14.9. The van der Waals surface area contributed by atoms with Crippen molar-refractivity contribution in [3.05, 3.63) is 77.9 Å². The van der Waals surface area contributed by atoms with E-state index in [0.717, 1.165) is 18.8 Å². The molecule has 3 aromatic carbocycles. The lowest BCUT2D eigenvalue weighted by atomic mass is 10.1. The number of benzene rings is 3. The van der Waals surface area contributed by atoms with Gasteiger partial charge in [0.15, 0.2) is 0 Å². The summed E-state index contributed by atoms with van der Waals surface area (Å²) in [6, 6.07) is 23.1. The standard InChI is InChI=1S/C19H19NO.C2H2O4/c1-21-19-9-5-4-8-18(19)14-20-13-15-10-11-16-6-2-3-7-17(16)12-15;3-1(4)2(5)6/h2-12,20H,13-14H2,1H3;(H,3,4)(H,5,6). The number of ether oxygens (including phenoxy) is 1. The smallest absolute Gasteiger partial charge is 0.414 e. The van der Waals surface area contributed by atoms with Crippen LogP contribution in [0.15, 0.2) is 66.7 Å². The molecular weight excluding hydrogens is 346 g/mol. The molecule has 3 rings (SSSR count). The van der Waals surface area contributed by atoms with Gasteiger partial charge in [0.2, 0.25) is 0 Å². The summed E-state index contributed by atoms with van der Waals surface area (Å²) in [6.07, 6.45) is 0. The van der Waals surface area contributed by atoms with Crippen LogP contribution in [0.1, 0.15) is 11.1 Å². The second kappa shape index (κ2) is 9.94. The molecule has 6 heteroatoms. The highest BCUT2D eigenvalue weighted by Crippen LogP contribution is 2.18. The average molecular weight is 367 g/mol. The molecule has 0 bridgehead atoms. The Morgan fingerprint density at radius 1 is 0.852 bits per heavy atom. The molecule has 140 valence electrons. The molecule has 0 radical (unpaired) electrons. The molecule has 0 unspecified atom stereocenters. The number of hydrogen-bond donors (Lipinski definition) is 3. The number of fused-ring (bicyclic) bond motifs is 1. The van der Waals surface area contributed by atoms with Crippen molar-refractivity contribution in [2.75, 3.05) is 7.11 Å². The monoisotopic (exact) mass is 367 g/mol. The van der Waals surface area contributed by atoms with Crippen LogP contribution in [0.3, 0.4) is 0 Å². The van der Waals surface area contributed by atoms with E-state index < -0.39 is 11.9 Å². The van der Waals surface area contributed by atoms with Crippen molar-refractivity contribution >= 4 is 22.7 Å². The quantitative estimate of drug-likeness (QED) is 0.599. The van der Waals surface area contributed by atoms with Crippen LogP contribution >= 0.6 is 0 Å². The topological polar surface area (TPSA) is 95.9 Å². The Balaban J connectivity index is 0.000000380. The molecule has 6 nitrogen and oxygen atoms in total. The summed E-state index contributed by atoms with van der Waals surface area (Å²) in [6.45, 7) is 1.65. The number of methoxy groups -OCH3 is 1. The first-order valence-electron chi connectivity index (χ1n) is 8.27. The molecule has 0 aliphatic carbocycles. The molecule has 0 aromatic heterocycles. The number of para-hydroxylation sites is 1. The van der Waals surface area contributed by atoms with Crippen LogP contribution in [0.4, 0.5) is 0 Å². The minimum absolute atomic E-state index is 0.802. The summed E-state index contributed by atoms with van der Waals surface area (Å²) in [5, 5.41) is 20.8. The fraction of sp³-hybridized carbons (Fsp3) is 0.143. The van der Waals surface area contributed by atoms with Gasteiger partial charge < -0.3 is 20.3 Å². The van der Waals surface area contributed by atoms with Gasteiger partial charge in [-0.05, 0) is 28.5 Å². The SMILES string of the molecule is COc1ccccc1CNCc1ccc2ccccc2c1.O=C(O)C(=O)O. The number of carboxylic acid groups (broad SMARTS) is 2. The van der Waals surface area contributed by atoms with Crippen molar-refractivity contribution < 1.29 is 24.5 Å². The van der Waals surface area contributed by atoms with Crippen LogP contribution < -0.4 is 10.1 Å². The molecule has 3 aromatic rings. The summed E-state index contributed by atoms with van der Waals surface area (Å²) in [4.78, 5) is 18.2.